The molecule has 0 aromatic carbocycles. The Morgan fingerprint density at radius 1 is 1.78 bits per heavy atom. The van der Waals surface area contributed by atoms with Crippen molar-refractivity contribution < 1.29 is 0 Å². The highest BCUT2D eigenvalue weighted by molar-refractivity contribution is 5.85. The molecule has 0 saturated heterocycles. The Bertz CT molecular complexity index is 172. The van der Waals surface area contributed by atoms with E-state index in [9.17, 15) is 0 Å². The largest absolute Gasteiger partial charge is 0.382 e. The monoisotopic (exact) mass is 147 g/mol. The summed E-state index contributed by atoms with van der Waals surface area (Å²) in [5, 5.41) is 3.92. The van der Waals surface area contributed by atoms with Gasteiger partial charge in [0.05, 0.1) is 0 Å². The van der Waals surface area contributed by atoms with E-state index in [1.54, 1.807) is 10.7 Å². The van der Waals surface area contributed by atoms with Gasteiger partial charge in [0.2, 0.25) is 0 Å². The summed E-state index contributed by atoms with van der Waals surface area (Å²) < 4.78 is 1.79. The zero-order valence-electron chi connectivity index (χ0n) is 5.24. The van der Waals surface area contributed by atoms with Crippen molar-refractivity contribution in [3.63, 3.8) is 0 Å². The lowest BCUT2D eigenvalue weighted by Crippen LogP contribution is -1.95. The van der Waals surface area contributed by atoms with E-state index < -0.39 is 0 Å². The van der Waals surface area contributed by atoms with E-state index in [0.717, 1.165) is 6.54 Å². The molecular formula is C5H10ClN3. The third kappa shape index (κ3) is 1.93. The van der Waals surface area contributed by atoms with E-state index in [0.29, 0.717) is 5.82 Å². The van der Waals surface area contributed by atoms with Crippen LogP contribution in [0.3, 0.4) is 0 Å². The highest BCUT2D eigenvalue weighted by Gasteiger charge is 1.86. The van der Waals surface area contributed by atoms with Gasteiger partial charge in [0.1, 0.15) is 5.82 Å². The van der Waals surface area contributed by atoms with Crippen LogP contribution in [0.1, 0.15) is 6.92 Å². The maximum Gasteiger partial charge on any atom is 0.145 e. The van der Waals surface area contributed by atoms with Gasteiger partial charge in [-0.05, 0) is 13.0 Å². The van der Waals surface area contributed by atoms with Crippen molar-refractivity contribution in [2.75, 3.05) is 5.73 Å². The zero-order chi connectivity index (χ0) is 5.98. The molecule has 4 heteroatoms. The van der Waals surface area contributed by atoms with Crippen LogP contribution in [0, 0.1) is 0 Å². The maximum absolute atomic E-state index is 5.32. The second kappa shape index (κ2) is 3.35. The Morgan fingerprint density at radius 2 is 2.44 bits per heavy atom. The normalized spacial score (nSPS) is 8.56. The van der Waals surface area contributed by atoms with Crippen LogP contribution in [0.25, 0.3) is 0 Å². The number of hydrogen-bond acceptors (Lipinski definition) is 2. The molecule has 0 atom stereocenters. The number of nitrogen functional groups attached to an aromatic ring is 1. The molecular weight excluding hydrogens is 138 g/mol. The van der Waals surface area contributed by atoms with Gasteiger partial charge in [-0.15, -0.1) is 12.4 Å². The minimum atomic E-state index is 0. The lowest BCUT2D eigenvalue weighted by molar-refractivity contribution is 0.663. The SMILES string of the molecule is CCn1ccc(N)n1.Cl. The summed E-state index contributed by atoms with van der Waals surface area (Å²) >= 11 is 0. The summed E-state index contributed by atoms with van der Waals surface area (Å²) in [7, 11) is 0. The predicted octanol–water partition coefficient (Wildman–Crippen LogP) is 0.907. The molecule has 1 rings (SSSR count). The first-order valence-electron chi connectivity index (χ1n) is 2.62. The highest BCUT2D eigenvalue weighted by atomic mass is 35.5. The minimum Gasteiger partial charge on any atom is -0.382 e. The number of rotatable bonds is 1. The van der Waals surface area contributed by atoms with Crippen LogP contribution in [-0.4, -0.2) is 9.78 Å². The Labute approximate surface area is 60.3 Å². The lowest BCUT2D eigenvalue weighted by Gasteiger charge is -1.88. The Morgan fingerprint density at radius 3 is 2.67 bits per heavy atom. The van der Waals surface area contributed by atoms with Crippen LogP contribution >= 0.6 is 12.4 Å². The lowest BCUT2D eigenvalue weighted by atomic mass is 10.7. The number of hydrogen-bond donors (Lipinski definition) is 1. The topological polar surface area (TPSA) is 43.8 Å². The molecule has 1 aromatic rings. The number of halogens is 1. The Hall–Kier alpha value is -0.700. The van der Waals surface area contributed by atoms with Crippen LogP contribution in [0.2, 0.25) is 0 Å². The average Bonchev–Trinajstić information content (AvgIpc) is 2.14. The number of aromatic nitrogens is 2. The summed E-state index contributed by atoms with van der Waals surface area (Å²) in [4.78, 5) is 0. The van der Waals surface area contributed by atoms with Crippen LogP contribution in [-0.2, 0) is 6.54 Å². The van der Waals surface area contributed by atoms with Crippen LogP contribution in [0.4, 0.5) is 5.82 Å². The fraction of sp³-hybridized carbons (Fsp3) is 0.400. The second-order valence-corrected chi connectivity index (χ2v) is 1.60. The molecule has 0 bridgehead atoms. The van der Waals surface area contributed by atoms with Crippen LogP contribution < -0.4 is 5.73 Å². The Kier molecular flexibility index (Phi) is 3.09. The fourth-order valence-electron chi connectivity index (χ4n) is 0.554. The molecule has 52 valence electrons. The van der Waals surface area contributed by atoms with Gasteiger partial charge in [0.25, 0.3) is 0 Å². The summed E-state index contributed by atoms with van der Waals surface area (Å²) in [5.41, 5.74) is 5.32. The van der Waals surface area contributed by atoms with Crippen molar-refractivity contribution in [2.24, 2.45) is 0 Å². The molecule has 0 saturated carbocycles. The molecule has 1 heterocycles. The molecule has 0 aliphatic rings. The summed E-state index contributed by atoms with van der Waals surface area (Å²) in [6, 6.07) is 1.78. The van der Waals surface area contributed by atoms with Gasteiger partial charge in [-0.1, -0.05) is 0 Å². The molecule has 9 heavy (non-hydrogen) atoms. The van der Waals surface area contributed by atoms with Gasteiger partial charge < -0.3 is 5.73 Å². The molecule has 0 fully saturated rings. The molecule has 3 nitrogen and oxygen atoms in total. The summed E-state index contributed by atoms with van der Waals surface area (Å²) in [6.07, 6.45) is 1.86. The number of nitrogens with two attached hydrogens (primary N) is 1. The van der Waals surface area contributed by atoms with Gasteiger partial charge in [0.15, 0.2) is 0 Å². The zero-order valence-corrected chi connectivity index (χ0v) is 6.06. The minimum absolute atomic E-state index is 0. The highest BCUT2D eigenvalue weighted by Crippen LogP contribution is 1.93. The van der Waals surface area contributed by atoms with Gasteiger partial charge in [-0.3, -0.25) is 4.68 Å². The Balaban J connectivity index is 0.000000640. The molecule has 0 radical (unpaired) electrons. The van der Waals surface area contributed by atoms with Crippen molar-refractivity contribution in [1.29, 1.82) is 0 Å². The van der Waals surface area contributed by atoms with E-state index in [1.165, 1.54) is 0 Å². The molecule has 0 aliphatic carbocycles. The molecule has 0 aliphatic heterocycles. The molecule has 0 unspecified atom stereocenters. The third-order valence-corrected chi connectivity index (χ3v) is 0.985. The van der Waals surface area contributed by atoms with Gasteiger partial charge in [-0.2, -0.15) is 5.10 Å². The number of anilines is 1. The maximum atomic E-state index is 5.32. The quantitative estimate of drug-likeness (QED) is 0.642. The standard InChI is InChI=1S/C5H9N3.ClH/c1-2-8-4-3-5(6)7-8;/h3-4H,2H2,1H3,(H2,6,7);1H. The second-order valence-electron chi connectivity index (χ2n) is 1.60. The van der Waals surface area contributed by atoms with Crippen molar-refractivity contribution in [1.82, 2.24) is 9.78 Å². The molecule has 0 spiro atoms. The first-order chi connectivity index (χ1) is 3.83. The number of nitrogens with zero attached hydrogens (tertiary/aromatic N) is 2. The van der Waals surface area contributed by atoms with E-state index in [1.807, 2.05) is 13.1 Å². The van der Waals surface area contributed by atoms with Crippen molar-refractivity contribution >= 4 is 18.2 Å². The number of aryl methyl sites for hydroxylation is 1. The van der Waals surface area contributed by atoms with Crippen molar-refractivity contribution in [2.45, 2.75) is 13.5 Å². The van der Waals surface area contributed by atoms with Gasteiger partial charge in [0, 0.05) is 12.7 Å². The predicted molar refractivity (Wildman–Crippen MR) is 39.6 cm³/mol. The molecule has 0 amide bonds. The molecule has 2 N–H and O–H groups in total. The summed E-state index contributed by atoms with van der Waals surface area (Å²) in [5.74, 6) is 0.590. The van der Waals surface area contributed by atoms with Crippen molar-refractivity contribution in [3.8, 4) is 0 Å². The molecule has 1 aromatic heterocycles. The van der Waals surface area contributed by atoms with Crippen LogP contribution in [0.5, 0.6) is 0 Å². The van der Waals surface area contributed by atoms with Gasteiger partial charge >= 0.3 is 0 Å². The van der Waals surface area contributed by atoms with Crippen LogP contribution in [0.15, 0.2) is 12.3 Å². The first kappa shape index (κ1) is 8.30. The van der Waals surface area contributed by atoms with Crippen molar-refractivity contribution in [3.05, 3.63) is 12.3 Å². The van der Waals surface area contributed by atoms with E-state index in [-0.39, 0.29) is 12.4 Å². The van der Waals surface area contributed by atoms with E-state index in [2.05, 4.69) is 5.10 Å². The average molecular weight is 148 g/mol. The van der Waals surface area contributed by atoms with Gasteiger partial charge in [-0.25, -0.2) is 0 Å². The van der Waals surface area contributed by atoms with E-state index >= 15 is 0 Å². The third-order valence-electron chi connectivity index (χ3n) is 0.985. The first-order valence-corrected chi connectivity index (χ1v) is 2.62. The fourth-order valence-corrected chi connectivity index (χ4v) is 0.554. The van der Waals surface area contributed by atoms with E-state index in [4.69, 9.17) is 5.73 Å². The summed E-state index contributed by atoms with van der Waals surface area (Å²) in [6.45, 7) is 2.91. The smallest absolute Gasteiger partial charge is 0.145 e.